The summed E-state index contributed by atoms with van der Waals surface area (Å²) in [5.74, 6) is 0.622. The summed E-state index contributed by atoms with van der Waals surface area (Å²) in [6.07, 6.45) is 2.21. The first kappa shape index (κ1) is 15.2. The number of fused-ring (bicyclic) bond motifs is 2. The third kappa shape index (κ3) is 2.69. The highest BCUT2D eigenvalue weighted by Gasteiger charge is 2.53. The van der Waals surface area contributed by atoms with Crippen LogP contribution in [0.25, 0.3) is 0 Å². The van der Waals surface area contributed by atoms with Crippen molar-refractivity contribution in [1.29, 1.82) is 0 Å². The van der Waals surface area contributed by atoms with E-state index in [0.29, 0.717) is 11.8 Å². The zero-order valence-corrected chi connectivity index (χ0v) is 13.9. The van der Waals surface area contributed by atoms with Crippen molar-refractivity contribution in [2.24, 2.45) is 11.8 Å². The maximum atomic E-state index is 11.4. The Morgan fingerprint density at radius 2 is 1.57 bits per heavy atom. The van der Waals surface area contributed by atoms with E-state index in [1.165, 1.54) is 5.56 Å². The van der Waals surface area contributed by atoms with Crippen molar-refractivity contribution in [1.82, 2.24) is 4.90 Å². The van der Waals surface area contributed by atoms with Crippen LogP contribution in [0.5, 0.6) is 0 Å². The molecule has 0 amide bonds. The van der Waals surface area contributed by atoms with E-state index in [1.807, 2.05) is 24.3 Å². The van der Waals surface area contributed by atoms with Crippen LogP contribution in [-0.2, 0) is 12.1 Å². The van der Waals surface area contributed by atoms with Gasteiger partial charge >= 0.3 is 0 Å². The van der Waals surface area contributed by atoms with E-state index in [1.54, 1.807) is 0 Å². The number of likely N-dealkylation sites (tertiary alicyclic amines) is 1. The molecular weight excluding hydrogens is 306 g/mol. The van der Waals surface area contributed by atoms with Crippen molar-refractivity contribution < 1.29 is 5.11 Å². The second-order valence-corrected chi connectivity index (χ2v) is 7.42. The second kappa shape index (κ2) is 5.94. The zero-order chi connectivity index (χ0) is 15.9. The largest absolute Gasteiger partial charge is 0.384 e. The van der Waals surface area contributed by atoms with Crippen molar-refractivity contribution in [3.63, 3.8) is 0 Å². The normalized spacial score (nSPS) is 30.5. The Labute approximate surface area is 142 Å². The molecule has 0 radical (unpaired) electrons. The monoisotopic (exact) mass is 327 g/mol. The summed E-state index contributed by atoms with van der Waals surface area (Å²) in [5.41, 5.74) is 1.70. The first-order valence-electron chi connectivity index (χ1n) is 8.41. The molecule has 1 aliphatic carbocycles. The molecule has 1 unspecified atom stereocenters. The molecule has 120 valence electrons. The number of aliphatic hydroxyl groups is 1. The van der Waals surface area contributed by atoms with E-state index in [-0.39, 0.29) is 0 Å². The fraction of sp³-hybridized carbons (Fsp3) is 0.400. The van der Waals surface area contributed by atoms with Gasteiger partial charge in [0.1, 0.15) is 0 Å². The Morgan fingerprint density at radius 3 is 2.17 bits per heavy atom. The molecule has 2 aromatic rings. The summed E-state index contributed by atoms with van der Waals surface area (Å²) in [7, 11) is 0. The molecule has 1 aliphatic heterocycles. The lowest BCUT2D eigenvalue weighted by Crippen LogP contribution is -2.51. The molecule has 2 bridgehead atoms. The van der Waals surface area contributed by atoms with E-state index < -0.39 is 5.60 Å². The molecular formula is C20H22ClNO. The second-order valence-electron chi connectivity index (χ2n) is 6.98. The molecule has 0 aromatic heterocycles. The van der Waals surface area contributed by atoms with Crippen LogP contribution in [0.15, 0.2) is 54.6 Å². The lowest BCUT2D eigenvalue weighted by Gasteiger charge is -2.45. The Morgan fingerprint density at radius 1 is 0.957 bits per heavy atom. The quantitative estimate of drug-likeness (QED) is 0.918. The van der Waals surface area contributed by atoms with Crippen molar-refractivity contribution in [2.75, 3.05) is 13.1 Å². The van der Waals surface area contributed by atoms with Crippen LogP contribution in [0.4, 0.5) is 0 Å². The predicted molar refractivity (Wildman–Crippen MR) is 93.3 cm³/mol. The van der Waals surface area contributed by atoms with Gasteiger partial charge in [0, 0.05) is 36.5 Å². The van der Waals surface area contributed by atoms with Crippen LogP contribution in [0, 0.1) is 11.8 Å². The van der Waals surface area contributed by atoms with Gasteiger partial charge in [0.25, 0.3) is 0 Å². The van der Waals surface area contributed by atoms with Gasteiger partial charge in [-0.25, -0.2) is 0 Å². The highest BCUT2D eigenvalue weighted by atomic mass is 35.5. The summed E-state index contributed by atoms with van der Waals surface area (Å²) in [4.78, 5) is 2.50. The molecule has 1 N–H and O–H groups in total. The average Bonchev–Trinajstić information content (AvgIpc) is 2.74. The average molecular weight is 328 g/mol. The Kier molecular flexibility index (Phi) is 3.92. The zero-order valence-electron chi connectivity index (χ0n) is 13.2. The van der Waals surface area contributed by atoms with Gasteiger partial charge in [-0.05, 0) is 36.1 Å². The summed E-state index contributed by atoms with van der Waals surface area (Å²) in [6, 6.07) is 18.4. The maximum absolute atomic E-state index is 11.4. The first-order valence-corrected chi connectivity index (χ1v) is 8.79. The minimum atomic E-state index is -0.683. The van der Waals surface area contributed by atoms with Crippen molar-refractivity contribution in [3.8, 4) is 0 Å². The van der Waals surface area contributed by atoms with E-state index >= 15 is 0 Å². The molecule has 0 spiro atoms. The summed E-state index contributed by atoms with van der Waals surface area (Å²) in [6.45, 7) is 2.90. The van der Waals surface area contributed by atoms with Gasteiger partial charge in [0.15, 0.2) is 0 Å². The van der Waals surface area contributed by atoms with Crippen LogP contribution in [-0.4, -0.2) is 23.1 Å². The number of hydrogen-bond acceptors (Lipinski definition) is 2. The minimum absolute atomic E-state index is 0.311. The van der Waals surface area contributed by atoms with Crippen LogP contribution in [0.2, 0.25) is 5.02 Å². The van der Waals surface area contributed by atoms with Crippen LogP contribution in [0.1, 0.15) is 24.0 Å². The van der Waals surface area contributed by atoms with Gasteiger partial charge in [-0.3, -0.25) is 4.90 Å². The van der Waals surface area contributed by atoms with Crippen LogP contribution < -0.4 is 0 Å². The van der Waals surface area contributed by atoms with Gasteiger partial charge in [-0.1, -0.05) is 54.1 Å². The first-order chi connectivity index (χ1) is 11.2. The van der Waals surface area contributed by atoms with E-state index in [9.17, 15) is 5.11 Å². The lowest BCUT2D eigenvalue weighted by molar-refractivity contribution is -0.0914. The number of benzene rings is 2. The Balaban J connectivity index is 1.55. The van der Waals surface area contributed by atoms with Gasteiger partial charge in [-0.2, -0.15) is 0 Å². The van der Waals surface area contributed by atoms with E-state index in [4.69, 9.17) is 11.6 Å². The number of piperidine rings is 1. The molecule has 2 aliphatic rings. The Hall–Kier alpha value is -1.35. The molecule has 1 saturated heterocycles. The smallest absolute Gasteiger partial charge is 0.0976 e. The molecule has 1 heterocycles. The SMILES string of the molecule is OC1(c2ccc(Cl)cc2)[C@@H]2CC[C@H]1CN(Cc1ccccc1)C2. The maximum Gasteiger partial charge on any atom is 0.0976 e. The van der Waals surface area contributed by atoms with E-state index in [0.717, 1.165) is 43.1 Å². The molecule has 2 nitrogen and oxygen atoms in total. The topological polar surface area (TPSA) is 23.5 Å². The van der Waals surface area contributed by atoms with Crippen molar-refractivity contribution in [2.45, 2.75) is 25.0 Å². The summed E-state index contributed by atoms with van der Waals surface area (Å²) >= 11 is 6.01. The molecule has 2 fully saturated rings. The third-order valence-electron chi connectivity index (χ3n) is 5.62. The molecule has 4 rings (SSSR count). The third-order valence-corrected chi connectivity index (χ3v) is 5.87. The predicted octanol–water partition coefficient (Wildman–Crippen LogP) is 4.07. The number of hydrogen-bond donors (Lipinski definition) is 1. The van der Waals surface area contributed by atoms with E-state index in [2.05, 4.69) is 35.2 Å². The fourth-order valence-electron chi connectivity index (χ4n) is 4.49. The number of nitrogens with zero attached hydrogens (tertiary/aromatic N) is 1. The highest BCUT2D eigenvalue weighted by Crippen LogP contribution is 2.51. The molecule has 3 atom stereocenters. The summed E-state index contributed by atoms with van der Waals surface area (Å²) < 4.78 is 0. The van der Waals surface area contributed by atoms with Crippen molar-refractivity contribution in [3.05, 3.63) is 70.7 Å². The highest BCUT2D eigenvalue weighted by molar-refractivity contribution is 6.30. The number of rotatable bonds is 3. The van der Waals surface area contributed by atoms with Crippen molar-refractivity contribution >= 4 is 11.6 Å². The van der Waals surface area contributed by atoms with Gasteiger partial charge in [-0.15, -0.1) is 0 Å². The molecule has 3 heteroatoms. The standard InChI is InChI=1S/C20H22ClNO/c21-19-10-8-16(9-11-19)20(23)17-6-7-18(20)14-22(13-17)12-15-4-2-1-3-5-15/h1-5,8-11,17-18,23H,6-7,12-14H2/t17-,18+,20?. The lowest BCUT2D eigenvalue weighted by atomic mass is 9.75. The Bertz CT molecular complexity index is 656. The number of halogens is 1. The van der Waals surface area contributed by atoms with Crippen LogP contribution in [0.3, 0.4) is 0 Å². The fourth-order valence-corrected chi connectivity index (χ4v) is 4.62. The van der Waals surface area contributed by atoms with Gasteiger partial charge in [0.2, 0.25) is 0 Å². The van der Waals surface area contributed by atoms with Gasteiger partial charge < -0.3 is 5.11 Å². The molecule has 23 heavy (non-hydrogen) atoms. The molecule has 2 aromatic carbocycles. The molecule has 1 saturated carbocycles. The van der Waals surface area contributed by atoms with Gasteiger partial charge in [0.05, 0.1) is 5.60 Å². The summed E-state index contributed by atoms with van der Waals surface area (Å²) in [5, 5.41) is 12.2. The minimum Gasteiger partial charge on any atom is -0.384 e. The van der Waals surface area contributed by atoms with Crippen LogP contribution >= 0.6 is 11.6 Å².